The van der Waals surface area contributed by atoms with Crippen LogP contribution in [0.5, 0.6) is 0 Å². The van der Waals surface area contributed by atoms with Gasteiger partial charge in [0.05, 0.1) is 5.69 Å². The molecule has 0 bridgehead atoms. The van der Waals surface area contributed by atoms with Gasteiger partial charge in [-0.25, -0.2) is 0 Å². The van der Waals surface area contributed by atoms with Gasteiger partial charge in [-0.3, -0.25) is 4.79 Å². The second-order valence-corrected chi connectivity index (χ2v) is 12.9. The molecule has 7 heteroatoms. The van der Waals surface area contributed by atoms with Gasteiger partial charge < -0.3 is 15.3 Å². The van der Waals surface area contributed by atoms with Crippen molar-refractivity contribution in [2.45, 2.75) is 31.7 Å². The number of nitrogens with one attached hydrogen (secondary N) is 1. The standard InChI is InChI=1S/C14H21BrN2O3Si/c1-21(2,3)7-6-20-9-17-13(14(18)19)11-8-10(15)4-5-12(11)16-17/h4-5,8,13,16H,6-7,9H2,1-3H3,(H,18,19). The minimum Gasteiger partial charge on any atom is -0.480 e. The van der Waals surface area contributed by atoms with E-state index in [0.717, 1.165) is 21.8 Å². The number of hydrogen-bond acceptors (Lipinski definition) is 4. The molecule has 1 aliphatic heterocycles. The Labute approximate surface area is 134 Å². The molecule has 1 heterocycles. The molecule has 116 valence electrons. The topological polar surface area (TPSA) is 61.8 Å². The zero-order chi connectivity index (χ0) is 15.6. The fourth-order valence-electron chi connectivity index (χ4n) is 2.16. The summed E-state index contributed by atoms with van der Waals surface area (Å²) in [6.07, 6.45) is 0. The van der Waals surface area contributed by atoms with E-state index >= 15 is 0 Å². The number of benzene rings is 1. The summed E-state index contributed by atoms with van der Waals surface area (Å²) in [5, 5.41) is 11.1. The van der Waals surface area contributed by atoms with Gasteiger partial charge in [0.2, 0.25) is 0 Å². The fraction of sp³-hybridized carbons (Fsp3) is 0.500. The SMILES string of the molecule is C[Si](C)(C)CCOCN1Nc2ccc(Br)cc2C1C(=O)O. The van der Waals surface area contributed by atoms with Gasteiger partial charge in [-0.05, 0) is 24.2 Å². The first kappa shape index (κ1) is 16.5. The lowest BCUT2D eigenvalue weighted by Gasteiger charge is -2.22. The van der Waals surface area contributed by atoms with Gasteiger partial charge in [-0.1, -0.05) is 35.6 Å². The van der Waals surface area contributed by atoms with Gasteiger partial charge in [0, 0.05) is 24.7 Å². The Kier molecular flexibility index (Phi) is 5.08. The summed E-state index contributed by atoms with van der Waals surface area (Å²) >= 11 is 3.38. The second-order valence-electron chi connectivity index (χ2n) is 6.40. The number of hydrogen-bond donors (Lipinski definition) is 2. The maximum Gasteiger partial charge on any atom is 0.327 e. The molecular weight excluding hydrogens is 352 g/mol. The average Bonchev–Trinajstić information content (AvgIpc) is 2.71. The summed E-state index contributed by atoms with van der Waals surface area (Å²) in [4.78, 5) is 11.5. The summed E-state index contributed by atoms with van der Waals surface area (Å²) in [6.45, 7) is 7.79. The molecule has 0 saturated heterocycles. The Morgan fingerprint density at radius 3 is 2.81 bits per heavy atom. The van der Waals surface area contributed by atoms with Gasteiger partial charge in [-0.2, -0.15) is 5.01 Å². The highest BCUT2D eigenvalue weighted by atomic mass is 79.9. The summed E-state index contributed by atoms with van der Waals surface area (Å²) in [6, 6.07) is 5.95. The minimum absolute atomic E-state index is 0.258. The molecule has 0 aromatic heterocycles. The molecule has 1 aliphatic rings. The second kappa shape index (κ2) is 6.47. The van der Waals surface area contributed by atoms with Crippen molar-refractivity contribution in [3.05, 3.63) is 28.2 Å². The van der Waals surface area contributed by atoms with Crippen molar-refractivity contribution in [1.82, 2.24) is 5.01 Å². The fourth-order valence-corrected chi connectivity index (χ4v) is 3.30. The first-order valence-electron chi connectivity index (χ1n) is 6.91. The highest BCUT2D eigenvalue weighted by Crippen LogP contribution is 2.36. The van der Waals surface area contributed by atoms with Crippen LogP contribution in [-0.2, 0) is 9.53 Å². The van der Waals surface area contributed by atoms with Gasteiger partial charge in [-0.15, -0.1) is 0 Å². The first-order chi connectivity index (χ1) is 9.78. The minimum atomic E-state index is -1.13. The number of carboxylic acids is 1. The van der Waals surface area contributed by atoms with E-state index in [0.29, 0.717) is 6.61 Å². The van der Waals surface area contributed by atoms with Gasteiger partial charge in [0.15, 0.2) is 6.04 Å². The van der Waals surface area contributed by atoms with Crippen LogP contribution in [0.15, 0.2) is 22.7 Å². The van der Waals surface area contributed by atoms with Crippen LogP contribution in [0.1, 0.15) is 11.6 Å². The number of rotatable bonds is 6. The van der Waals surface area contributed by atoms with Crippen molar-refractivity contribution < 1.29 is 14.6 Å². The molecular formula is C14H21BrN2O3Si. The zero-order valence-corrected chi connectivity index (χ0v) is 15.1. The molecule has 21 heavy (non-hydrogen) atoms. The lowest BCUT2D eigenvalue weighted by Crippen LogP contribution is -2.35. The predicted octanol–water partition coefficient (Wildman–Crippen LogP) is 3.53. The maximum atomic E-state index is 11.5. The number of nitrogens with zero attached hydrogens (tertiary/aromatic N) is 1. The molecule has 0 saturated carbocycles. The average molecular weight is 373 g/mol. The highest BCUT2D eigenvalue weighted by Gasteiger charge is 2.35. The normalized spacial score (nSPS) is 18.4. The first-order valence-corrected chi connectivity index (χ1v) is 11.4. The smallest absolute Gasteiger partial charge is 0.327 e. The van der Waals surface area contributed by atoms with Crippen molar-refractivity contribution in [3.63, 3.8) is 0 Å². The van der Waals surface area contributed by atoms with Crippen LogP contribution in [0.4, 0.5) is 5.69 Å². The number of anilines is 1. The van der Waals surface area contributed by atoms with Gasteiger partial charge >= 0.3 is 5.97 Å². The molecule has 0 radical (unpaired) electrons. The van der Waals surface area contributed by atoms with Crippen molar-refractivity contribution in [1.29, 1.82) is 0 Å². The van der Waals surface area contributed by atoms with E-state index in [1.807, 2.05) is 18.2 Å². The van der Waals surface area contributed by atoms with Crippen molar-refractivity contribution in [2.75, 3.05) is 18.8 Å². The summed E-state index contributed by atoms with van der Waals surface area (Å²) in [5.74, 6) is -0.881. The summed E-state index contributed by atoms with van der Waals surface area (Å²) in [5.41, 5.74) is 4.68. The Morgan fingerprint density at radius 1 is 1.48 bits per heavy atom. The van der Waals surface area contributed by atoms with E-state index in [1.54, 1.807) is 5.01 Å². The number of halogens is 1. The molecule has 0 amide bonds. The molecule has 1 unspecified atom stereocenters. The molecule has 1 aromatic carbocycles. The summed E-state index contributed by atoms with van der Waals surface area (Å²) in [7, 11) is -1.13. The Balaban J connectivity index is 2.00. The lowest BCUT2D eigenvalue weighted by atomic mass is 10.1. The highest BCUT2D eigenvalue weighted by molar-refractivity contribution is 9.10. The van der Waals surface area contributed by atoms with E-state index in [1.165, 1.54) is 0 Å². The van der Waals surface area contributed by atoms with Crippen LogP contribution < -0.4 is 5.43 Å². The van der Waals surface area contributed by atoms with Crippen LogP contribution >= 0.6 is 15.9 Å². The van der Waals surface area contributed by atoms with E-state index in [9.17, 15) is 9.90 Å². The molecule has 0 aliphatic carbocycles. The third kappa shape index (κ3) is 4.29. The lowest BCUT2D eigenvalue weighted by molar-refractivity contribution is -0.144. The van der Waals surface area contributed by atoms with E-state index < -0.39 is 20.1 Å². The molecule has 1 aromatic rings. The quantitative estimate of drug-likeness (QED) is 0.590. The van der Waals surface area contributed by atoms with Crippen LogP contribution in [-0.4, -0.2) is 37.5 Å². The van der Waals surface area contributed by atoms with Gasteiger partial charge in [0.25, 0.3) is 0 Å². The number of carboxylic acid groups (broad SMARTS) is 1. The Bertz CT molecular complexity index is 533. The Hall–Kier alpha value is -0.893. The zero-order valence-electron chi connectivity index (χ0n) is 12.5. The Morgan fingerprint density at radius 2 is 2.19 bits per heavy atom. The van der Waals surface area contributed by atoms with Crippen LogP contribution in [0.25, 0.3) is 0 Å². The van der Waals surface area contributed by atoms with Crippen LogP contribution in [0.3, 0.4) is 0 Å². The third-order valence-corrected chi connectivity index (χ3v) is 5.54. The van der Waals surface area contributed by atoms with Crippen molar-refractivity contribution in [3.8, 4) is 0 Å². The predicted molar refractivity (Wildman–Crippen MR) is 89.0 cm³/mol. The van der Waals surface area contributed by atoms with Crippen LogP contribution in [0, 0.1) is 0 Å². The molecule has 5 nitrogen and oxygen atoms in total. The number of hydrazine groups is 1. The third-order valence-electron chi connectivity index (χ3n) is 3.34. The summed E-state index contributed by atoms with van der Waals surface area (Å²) < 4.78 is 6.53. The molecule has 2 N–H and O–H groups in total. The van der Waals surface area contributed by atoms with Crippen molar-refractivity contribution >= 4 is 35.7 Å². The van der Waals surface area contributed by atoms with Crippen LogP contribution in [0.2, 0.25) is 25.7 Å². The van der Waals surface area contributed by atoms with Gasteiger partial charge in [0.1, 0.15) is 6.73 Å². The monoisotopic (exact) mass is 372 g/mol. The molecule has 0 spiro atoms. The molecule has 2 rings (SSSR count). The number of aliphatic carboxylic acids is 1. The van der Waals surface area contributed by atoms with E-state index in [-0.39, 0.29) is 6.73 Å². The number of carbonyl (C=O) groups is 1. The largest absolute Gasteiger partial charge is 0.480 e. The van der Waals surface area contributed by atoms with E-state index in [2.05, 4.69) is 41.0 Å². The van der Waals surface area contributed by atoms with Crippen molar-refractivity contribution in [2.24, 2.45) is 0 Å². The maximum absolute atomic E-state index is 11.5. The molecule has 0 fully saturated rings. The van der Waals surface area contributed by atoms with E-state index in [4.69, 9.17) is 4.74 Å². The molecule has 1 atom stereocenters. The number of fused-ring (bicyclic) bond motifs is 1. The number of ether oxygens (including phenoxy) is 1.